The van der Waals surface area contributed by atoms with Crippen LogP contribution in [0, 0.1) is 5.92 Å². The number of primary amides is 1. The Bertz CT molecular complexity index is 476. The van der Waals surface area contributed by atoms with Crippen molar-refractivity contribution in [1.82, 2.24) is 4.98 Å². The van der Waals surface area contributed by atoms with Crippen molar-refractivity contribution in [1.29, 1.82) is 0 Å². The summed E-state index contributed by atoms with van der Waals surface area (Å²) in [5.41, 5.74) is 4.24. The van der Waals surface area contributed by atoms with Crippen LogP contribution in [0.25, 0.3) is 0 Å². The van der Waals surface area contributed by atoms with E-state index in [9.17, 15) is 18.0 Å². The molecule has 1 aromatic heterocycles. The number of carbonyl (C=O) groups is 1. The summed E-state index contributed by atoms with van der Waals surface area (Å²) in [6, 6.07) is 0. The molecule has 9 heteroatoms. The molecule has 0 radical (unpaired) electrons. The van der Waals surface area contributed by atoms with Crippen molar-refractivity contribution in [2.75, 3.05) is 18.0 Å². The number of rotatable bonds is 2. The summed E-state index contributed by atoms with van der Waals surface area (Å²) in [6.45, 7) is 0.817. The first-order chi connectivity index (χ1) is 8.29. The number of alkyl halides is 3. The summed E-state index contributed by atoms with van der Waals surface area (Å²) in [7, 11) is 0. The van der Waals surface area contributed by atoms with Crippen molar-refractivity contribution >= 4 is 38.3 Å². The summed E-state index contributed by atoms with van der Waals surface area (Å²) in [4.78, 5) is 16.2. The van der Waals surface area contributed by atoms with Crippen LogP contribution in [0.1, 0.15) is 12.1 Å². The van der Waals surface area contributed by atoms with Crippen LogP contribution >= 0.6 is 27.3 Å². The van der Waals surface area contributed by atoms with E-state index in [0.29, 0.717) is 19.5 Å². The van der Waals surface area contributed by atoms with E-state index in [0.717, 1.165) is 11.3 Å². The lowest BCUT2D eigenvalue weighted by molar-refractivity contribution is -0.141. The fourth-order valence-corrected chi connectivity index (χ4v) is 3.37. The molecular weight excluding hydrogens is 335 g/mol. The van der Waals surface area contributed by atoms with Crippen molar-refractivity contribution in [2.45, 2.75) is 12.6 Å². The van der Waals surface area contributed by atoms with Gasteiger partial charge in [0.15, 0.2) is 10.8 Å². The number of carbonyl (C=O) groups excluding carboxylic acids is 1. The van der Waals surface area contributed by atoms with Crippen molar-refractivity contribution in [2.24, 2.45) is 11.7 Å². The average Bonchev–Trinajstić information content (AvgIpc) is 2.81. The van der Waals surface area contributed by atoms with Gasteiger partial charge in [-0.1, -0.05) is 11.3 Å². The van der Waals surface area contributed by atoms with Gasteiger partial charge in [-0.25, -0.2) is 4.98 Å². The average molecular weight is 344 g/mol. The molecule has 100 valence electrons. The van der Waals surface area contributed by atoms with E-state index in [2.05, 4.69) is 20.9 Å². The standard InChI is InChI=1S/C9H9BrF3N3OS/c10-6-5(9(11,12)13)15-8(18-6)16-2-1-4(3-16)7(14)17/h4H,1-3H2,(H2,14,17)/t4-/m1/s1. The Kier molecular flexibility index (Phi) is 3.54. The molecule has 2 N–H and O–H groups in total. The third-order valence-corrected chi connectivity index (χ3v) is 4.47. The fourth-order valence-electron chi connectivity index (χ4n) is 1.77. The van der Waals surface area contributed by atoms with Crippen molar-refractivity contribution < 1.29 is 18.0 Å². The number of hydrogen-bond donors (Lipinski definition) is 1. The Hall–Kier alpha value is -0.830. The van der Waals surface area contributed by atoms with Crippen molar-refractivity contribution in [3.63, 3.8) is 0 Å². The maximum atomic E-state index is 12.6. The Morgan fingerprint density at radius 1 is 1.56 bits per heavy atom. The number of thiazole rings is 1. The van der Waals surface area contributed by atoms with Gasteiger partial charge in [-0.05, 0) is 22.4 Å². The lowest BCUT2D eigenvalue weighted by atomic mass is 10.1. The topological polar surface area (TPSA) is 59.2 Å². The zero-order valence-corrected chi connectivity index (χ0v) is 11.4. The maximum Gasteiger partial charge on any atom is 0.435 e. The van der Waals surface area contributed by atoms with Crippen LogP contribution in [-0.4, -0.2) is 24.0 Å². The first-order valence-corrected chi connectivity index (χ1v) is 6.67. The van der Waals surface area contributed by atoms with Gasteiger partial charge in [0.25, 0.3) is 0 Å². The van der Waals surface area contributed by atoms with Crippen molar-refractivity contribution in [3.8, 4) is 0 Å². The molecule has 1 atom stereocenters. The van der Waals surface area contributed by atoms with E-state index in [-0.39, 0.29) is 14.8 Å². The van der Waals surface area contributed by atoms with E-state index >= 15 is 0 Å². The maximum absolute atomic E-state index is 12.6. The molecule has 1 fully saturated rings. The second kappa shape index (κ2) is 4.69. The number of aromatic nitrogens is 1. The number of nitrogens with two attached hydrogens (primary N) is 1. The van der Waals surface area contributed by atoms with Crippen molar-refractivity contribution in [3.05, 3.63) is 9.48 Å². The highest BCUT2D eigenvalue weighted by molar-refractivity contribution is 9.11. The van der Waals surface area contributed by atoms with Gasteiger partial charge >= 0.3 is 6.18 Å². The first kappa shape index (κ1) is 13.6. The molecule has 2 heterocycles. The number of anilines is 1. The normalized spacial score (nSPS) is 20.4. The second-order valence-electron chi connectivity index (χ2n) is 3.95. The van der Waals surface area contributed by atoms with Gasteiger partial charge < -0.3 is 10.6 Å². The molecule has 0 spiro atoms. The Balaban J connectivity index is 2.19. The summed E-state index contributed by atoms with van der Waals surface area (Å²) in [5.74, 6) is -0.744. The molecule has 1 saturated heterocycles. The van der Waals surface area contributed by atoms with Gasteiger partial charge in [0.2, 0.25) is 5.91 Å². The van der Waals surface area contributed by atoms with Crippen LogP contribution in [-0.2, 0) is 11.0 Å². The third-order valence-electron chi connectivity index (χ3n) is 2.70. The van der Waals surface area contributed by atoms with Crippen LogP contribution in [0.15, 0.2) is 3.79 Å². The van der Waals surface area contributed by atoms with Crippen LogP contribution in [0.3, 0.4) is 0 Å². The van der Waals surface area contributed by atoms with Gasteiger partial charge in [0, 0.05) is 13.1 Å². The highest BCUT2D eigenvalue weighted by atomic mass is 79.9. The Morgan fingerprint density at radius 3 is 2.67 bits per heavy atom. The first-order valence-electron chi connectivity index (χ1n) is 5.07. The molecule has 1 aromatic rings. The molecule has 2 rings (SSSR count). The predicted octanol–water partition coefficient (Wildman–Crippen LogP) is 2.24. The summed E-state index contributed by atoms with van der Waals surface area (Å²) in [5, 5.41) is 0.262. The summed E-state index contributed by atoms with van der Waals surface area (Å²) < 4.78 is 37.7. The molecule has 1 amide bonds. The number of hydrogen-bond acceptors (Lipinski definition) is 4. The number of amides is 1. The Morgan fingerprint density at radius 2 is 2.22 bits per heavy atom. The minimum absolute atomic E-state index is 0.0486. The quantitative estimate of drug-likeness (QED) is 0.895. The van der Waals surface area contributed by atoms with Crippen LogP contribution in [0.5, 0.6) is 0 Å². The van der Waals surface area contributed by atoms with E-state index in [1.165, 1.54) is 0 Å². The van der Waals surface area contributed by atoms with E-state index in [1.54, 1.807) is 4.90 Å². The smallest absolute Gasteiger partial charge is 0.369 e. The molecule has 1 aliphatic heterocycles. The highest BCUT2D eigenvalue weighted by Gasteiger charge is 2.38. The van der Waals surface area contributed by atoms with E-state index in [4.69, 9.17) is 5.73 Å². The van der Waals surface area contributed by atoms with Crippen LogP contribution in [0.2, 0.25) is 0 Å². The van der Waals surface area contributed by atoms with E-state index in [1.807, 2.05) is 0 Å². The zero-order valence-electron chi connectivity index (χ0n) is 9.00. The molecule has 0 saturated carbocycles. The van der Waals surface area contributed by atoms with Gasteiger partial charge in [0.1, 0.15) is 3.79 Å². The van der Waals surface area contributed by atoms with Crippen LogP contribution in [0.4, 0.5) is 18.3 Å². The molecule has 18 heavy (non-hydrogen) atoms. The Labute approximate surface area is 113 Å². The minimum atomic E-state index is -4.48. The predicted molar refractivity (Wildman–Crippen MR) is 64.3 cm³/mol. The van der Waals surface area contributed by atoms with E-state index < -0.39 is 17.8 Å². The molecule has 1 aliphatic rings. The summed E-state index contributed by atoms with van der Waals surface area (Å²) >= 11 is 3.77. The highest BCUT2D eigenvalue weighted by Crippen LogP contribution is 2.41. The monoisotopic (exact) mass is 343 g/mol. The molecule has 0 aromatic carbocycles. The van der Waals surface area contributed by atoms with Gasteiger partial charge in [-0.15, -0.1) is 0 Å². The summed E-state index contributed by atoms with van der Waals surface area (Å²) in [6.07, 6.45) is -3.93. The molecule has 4 nitrogen and oxygen atoms in total. The lowest BCUT2D eigenvalue weighted by Gasteiger charge is -2.13. The number of halogens is 4. The van der Waals surface area contributed by atoms with Gasteiger partial charge in [-0.2, -0.15) is 13.2 Å². The minimum Gasteiger partial charge on any atom is -0.369 e. The largest absolute Gasteiger partial charge is 0.435 e. The third kappa shape index (κ3) is 2.61. The van der Waals surface area contributed by atoms with Gasteiger partial charge in [0.05, 0.1) is 5.92 Å². The number of nitrogens with zero attached hydrogens (tertiary/aromatic N) is 2. The molecule has 0 bridgehead atoms. The van der Waals surface area contributed by atoms with Crippen LogP contribution < -0.4 is 10.6 Å². The second-order valence-corrected chi connectivity index (χ2v) is 6.25. The molecule has 0 aliphatic carbocycles. The molecular formula is C9H9BrF3N3OS. The van der Waals surface area contributed by atoms with Gasteiger partial charge in [-0.3, -0.25) is 4.79 Å². The zero-order chi connectivity index (χ0) is 13.5. The fraction of sp³-hybridized carbons (Fsp3) is 0.556. The lowest BCUT2D eigenvalue weighted by Crippen LogP contribution is -2.27. The SMILES string of the molecule is NC(=O)[C@@H]1CCN(c2nc(C(F)(F)F)c(Br)s2)C1. The molecule has 0 unspecified atom stereocenters.